The normalized spacial score (nSPS) is 18.1. The van der Waals surface area contributed by atoms with Crippen LogP contribution in [-0.2, 0) is 27.7 Å². The van der Waals surface area contributed by atoms with Gasteiger partial charge in [0.25, 0.3) is 0 Å². The quantitative estimate of drug-likeness (QED) is 0.245. The average molecular weight is 672 g/mol. The molecule has 6 heterocycles. The molecule has 0 aliphatic carbocycles. The van der Waals surface area contributed by atoms with Gasteiger partial charge in [0.05, 0.1) is 37.2 Å². The highest BCUT2D eigenvalue weighted by molar-refractivity contribution is 6.01. The zero-order chi connectivity index (χ0) is 34.6. The van der Waals surface area contributed by atoms with Gasteiger partial charge in [-0.15, -0.1) is 0 Å². The number of halogens is 1. The Morgan fingerprint density at radius 3 is 2.61 bits per heavy atom. The summed E-state index contributed by atoms with van der Waals surface area (Å²) in [5, 5.41) is 11.3. The molecule has 2 saturated heterocycles. The molecule has 2 fully saturated rings. The second-order valence-electron chi connectivity index (χ2n) is 14.5. The number of rotatable bonds is 7. The first-order valence-electron chi connectivity index (χ1n) is 17.3. The molecule has 0 spiro atoms. The summed E-state index contributed by atoms with van der Waals surface area (Å²) in [7, 11) is 1.96. The summed E-state index contributed by atoms with van der Waals surface area (Å²) in [5.74, 6) is -0.386. The maximum absolute atomic E-state index is 15.8. The fourth-order valence-corrected chi connectivity index (χ4v) is 7.57. The third-order valence-electron chi connectivity index (χ3n) is 10.1. The summed E-state index contributed by atoms with van der Waals surface area (Å²) in [5.41, 5.74) is 5.63. The number of carbonyl (C=O) groups is 1. The van der Waals surface area contributed by atoms with Gasteiger partial charge in [-0.25, -0.2) is 19.2 Å². The van der Waals surface area contributed by atoms with Gasteiger partial charge in [0.1, 0.15) is 11.5 Å². The SMILES string of the molecule is Cc1nc2c(cc(-c3ccnc(N4CCCN(C5COC5)CC4)c3)n2C)c(-c2cc(F)c3c(c2C)CCCO3)c1[C@H](OC(C)(C)C)C(=O)O. The van der Waals surface area contributed by atoms with E-state index in [1.54, 1.807) is 0 Å². The lowest BCUT2D eigenvalue weighted by Crippen LogP contribution is -2.50. The topological polar surface area (TPSA) is 102 Å². The summed E-state index contributed by atoms with van der Waals surface area (Å²) >= 11 is 0. The van der Waals surface area contributed by atoms with Crippen molar-refractivity contribution in [1.82, 2.24) is 19.4 Å². The van der Waals surface area contributed by atoms with E-state index in [-0.39, 0.29) is 5.75 Å². The fraction of sp³-hybridized carbons (Fsp3) is 0.500. The van der Waals surface area contributed by atoms with Gasteiger partial charge < -0.3 is 28.8 Å². The molecular weight excluding hydrogens is 625 g/mol. The van der Waals surface area contributed by atoms with Crippen LogP contribution in [0.5, 0.6) is 5.75 Å². The largest absolute Gasteiger partial charge is 0.490 e. The Morgan fingerprint density at radius 1 is 1.10 bits per heavy atom. The molecule has 4 aromatic rings. The second kappa shape index (κ2) is 13.0. The van der Waals surface area contributed by atoms with E-state index >= 15 is 4.39 Å². The van der Waals surface area contributed by atoms with E-state index < -0.39 is 23.5 Å². The molecule has 0 amide bonds. The minimum Gasteiger partial charge on any atom is -0.490 e. The second-order valence-corrected chi connectivity index (χ2v) is 14.5. The number of pyridine rings is 2. The molecule has 3 aromatic heterocycles. The van der Waals surface area contributed by atoms with E-state index in [0.29, 0.717) is 47.1 Å². The maximum Gasteiger partial charge on any atom is 0.337 e. The summed E-state index contributed by atoms with van der Waals surface area (Å²) < 4.78 is 35.3. The smallest absolute Gasteiger partial charge is 0.337 e. The van der Waals surface area contributed by atoms with Crippen molar-refractivity contribution in [2.75, 3.05) is 50.9 Å². The van der Waals surface area contributed by atoms with E-state index in [9.17, 15) is 9.90 Å². The summed E-state index contributed by atoms with van der Waals surface area (Å²) in [6.07, 6.45) is 3.03. The molecule has 0 saturated carbocycles. The summed E-state index contributed by atoms with van der Waals surface area (Å²) in [6, 6.07) is 8.16. The van der Waals surface area contributed by atoms with Crippen LogP contribution in [0.1, 0.15) is 62.1 Å². The Balaban J connectivity index is 1.39. The van der Waals surface area contributed by atoms with Gasteiger partial charge in [0.2, 0.25) is 0 Å². The number of carboxylic acid groups (broad SMARTS) is 1. The van der Waals surface area contributed by atoms with Crippen LogP contribution in [0, 0.1) is 19.7 Å². The van der Waals surface area contributed by atoms with Crippen molar-refractivity contribution in [3.05, 3.63) is 58.7 Å². The molecule has 0 unspecified atom stereocenters. The lowest BCUT2D eigenvalue weighted by Gasteiger charge is -2.36. The van der Waals surface area contributed by atoms with Gasteiger partial charge in [-0.1, -0.05) is 0 Å². The van der Waals surface area contributed by atoms with Crippen LogP contribution in [-0.4, -0.2) is 88.2 Å². The van der Waals surface area contributed by atoms with Crippen molar-refractivity contribution in [2.24, 2.45) is 7.05 Å². The van der Waals surface area contributed by atoms with E-state index in [4.69, 9.17) is 24.2 Å². The van der Waals surface area contributed by atoms with E-state index in [2.05, 4.69) is 15.9 Å². The molecule has 3 aliphatic rings. The molecule has 49 heavy (non-hydrogen) atoms. The summed E-state index contributed by atoms with van der Waals surface area (Å²) in [6.45, 7) is 15.2. The Bertz CT molecular complexity index is 1910. The average Bonchev–Trinajstić information content (AvgIpc) is 3.19. The predicted octanol–water partition coefficient (Wildman–Crippen LogP) is 6.23. The number of fused-ring (bicyclic) bond motifs is 2. The Kier molecular flexibility index (Phi) is 8.87. The molecule has 3 aliphatic heterocycles. The van der Waals surface area contributed by atoms with Crippen LogP contribution >= 0.6 is 0 Å². The molecule has 7 rings (SSSR count). The van der Waals surface area contributed by atoms with Crippen molar-refractivity contribution in [1.29, 1.82) is 0 Å². The Labute approximate surface area is 286 Å². The maximum atomic E-state index is 15.8. The predicted molar refractivity (Wildman–Crippen MR) is 187 cm³/mol. The van der Waals surface area contributed by atoms with Gasteiger partial charge in [-0.3, -0.25) is 4.90 Å². The van der Waals surface area contributed by atoms with Crippen molar-refractivity contribution in [3.63, 3.8) is 0 Å². The number of aromatic nitrogens is 3. The lowest BCUT2D eigenvalue weighted by molar-refractivity contribution is -0.160. The Morgan fingerprint density at radius 2 is 1.90 bits per heavy atom. The van der Waals surface area contributed by atoms with Crippen LogP contribution in [0.2, 0.25) is 0 Å². The van der Waals surface area contributed by atoms with Crippen LogP contribution in [0.4, 0.5) is 10.2 Å². The first kappa shape index (κ1) is 33.4. The highest BCUT2D eigenvalue weighted by Crippen LogP contribution is 2.45. The monoisotopic (exact) mass is 671 g/mol. The van der Waals surface area contributed by atoms with Gasteiger partial charge in [0.15, 0.2) is 17.7 Å². The number of carboxylic acids is 1. The molecule has 0 radical (unpaired) electrons. The van der Waals surface area contributed by atoms with Crippen molar-refractivity contribution >= 4 is 22.8 Å². The highest BCUT2D eigenvalue weighted by atomic mass is 19.1. The van der Waals surface area contributed by atoms with Crippen LogP contribution in [0.3, 0.4) is 0 Å². The minimum atomic E-state index is -1.33. The molecule has 260 valence electrons. The van der Waals surface area contributed by atoms with Crippen LogP contribution in [0.25, 0.3) is 33.4 Å². The van der Waals surface area contributed by atoms with Crippen molar-refractivity contribution in [3.8, 4) is 28.1 Å². The van der Waals surface area contributed by atoms with Gasteiger partial charge >= 0.3 is 5.97 Å². The number of benzene rings is 1. The van der Waals surface area contributed by atoms with E-state index in [0.717, 1.165) is 85.8 Å². The number of aliphatic carboxylic acids is 1. The molecule has 1 N–H and O–H groups in total. The molecule has 1 atom stereocenters. The zero-order valence-electron chi connectivity index (χ0n) is 29.3. The minimum absolute atomic E-state index is 0.285. The lowest BCUT2D eigenvalue weighted by atomic mass is 9.86. The van der Waals surface area contributed by atoms with E-state index in [1.807, 2.05) is 64.6 Å². The third kappa shape index (κ3) is 6.28. The number of nitrogens with zero attached hydrogens (tertiary/aromatic N) is 5. The standard InChI is InChI=1S/C38H46FN5O5/c1-22-26-9-7-16-48-34(26)29(39)18-27(22)33-28-19-30(42(6)36(28)41-23(2)32(33)35(37(45)46)49-38(3,4)5)24-10-11-40-31(17-24)44-13-8-12-43(14-15-44)25-20-47-21-25/h10-11,17-19,25,35H,7-9,12-16,20-21H2,1-6H3,(H,45,46)/t35-/m0/s1. The molecule has 0 bridgehead atoms. The first-order chi connectivity index (χ1) is 23.4. The van der Waals surface area contributed by atoms with Crippen molar-refractivity contribution in [2.45, 2.75) is 71.6 Å². The zero-order valence-corrected chi connectivity index (χ0v) is 29.3. The van der Waals surface area contributed by atoms with Crippen LogP contribution in [0.15, 0.2) is 30.5 Å². The van der Waals surface area contributed by atoms with Crippen LogP contribution < -0.4 is 9.64 Å². The molecule has 10 nitrogen and oxygen atoms in total. The number of hydrogen-bond acceptors (Lipinski definition) is 8. The number of hydrogen-bond donors (Lipinski definition) is 1. The third-order valence-corrected chi connectivity index (χ3v) is 10.1. The Hall–Kier alpha value is -4.06. The first-order valence-corrected chi connectivity index (χ1v) is 17.3. The number of ether oxygens (including phenoxy) is 3. The van der Waals surface area contributed by atoms with E-state index in [1.165, 1.54) is 6.07 Å². The molecule has 11 heteroatoms. The van der Waals surface area contributed by atoms with Gasteiger partial charge in [0, 0.05) is 72.8 Å². The summed E-state index contributed by atoms with van der Waals surface area (Å²) in [4.78, 5) is 27.6. The fourth-order valence-electron chi connectivity index (χ4n) is 7.57. The molecular formula is C38H46FN5O5. The van der Waals surface area contributed by atoms with Gasteiger partial charge in [-0.05, 0) is 89.3 Å². The highest BCUT2D eigenvalue weighted by Gasteiger charge is 2.35. The van der Waals surface area contributed by atoms with Gasteiger partial charge in [-0.2, -0.15) is 0 Å². The number of anilines is 1. The van der Waals surface area contributed by atoms with Crippen molar-refractivity contribution < 1.29 is 28.5 Å². The number of aryl methyl sites for hydroxylation is 2. The molecule has 1 aromatic carbocycles.